The van der Waals surface area contributed by atoms with Crippen LogP contribution in [0.3, 0.4) is 0 Å². The van der Waals surface area contributed by atoms with Gasteiger partial charge in [0, 0.05) is 37.3 Å². The lowest BCUT2D eigenvalue weighted by Crippen LogP contribution is -2.49. The fraction of sp³-hybridized carbons (Fsp3) is 0.292. The zero-order valence-electron chi connectivity index (χ0n) is 17.8. The van der Waals surface area contributed by atoms with E-state index in [-0.39, 0.29) is 5.91 Å². The molecule has 1 amide bonds. The van der Waals surface area contributed by atoms with Crippen LogP contribution in [-0.4, -0.2) is 60.9 Å². The number of benzene rings is 2. The van der Waals surface area contributed by atoms with Crippen molar-refractivity contribution in [2.24, 2.45) is 0 Å². The van der Waals surface area contributed by atoms with Crippen molar-refractivity contribution in [2.75, 3.05) is 44.8 Å². The van der Waals surface area contributed by atoms with Crippen LogP contribution in [0.2, 0.25) is 0 Å². The first-order valence-corrected chi connectivity index (χ1v) is 10.4. The molecule has 0 aliphatic carbocycles. The smallest absolute Gasteiger partial charge is 0.253 e. The molecule has 0 radical (unpaired) electrons. The largest absolute Gasteiger partial charge is 0.496 e. The zero-order chi connectivity index (χ0) is 21.6. The highest BCUT2D eigenvalue weighted by molar-refractivity contribution is 5.94. The molecule has 1 fully saturated rings. The number of carbonyl (C=O) groups is 1. The maximum atomic E-state index is 12.8. The number of anilines is 1. The predicted octanol–water partition coefficient (Wildman–Crippen LogP) is 3.51. The summed E-state index contributed by atoms with van der Waals surface area (Å²) in [7, 11) is 1.65. The highest BCUT2D eigenvalue weighted by atomic mass is 16.5. The third-order valence-electron chi connectivity index (χ3n) is 5.34. The second-order valence-electron chi connectivity index (χ2n) is 7.21. The molecule has 160 valence electrons. The van der Waals surface area contributed by atoms with Crippen LogP contribution in [0.1, 0.15) is 17.3 Å². The van der Waals surface area contributed by atoms with Crippen molar-refractivity contribution in [3.63, 3.8) is 0 Å². The topological polar surface area (TPSA) is 67.8 Å². The van der Waals surface area contributed by atoms with Crippen molar-refractivity contribution in [3.8, 4) is 22.8 Å². The van der Waals surface area contributed by atoms with Crippen molar-refractivity contribution in [1.29, 1.82) is 0 Å². The Morgan fingerprint density at radius 2 is 1.68 bits per heavy atom. The van der Waals surface area contributed by atoms with Crippen LogP contribution in [-0.2, 0) is 0 Å². The van der Waals surface area contributed by atoms with Gasteiger partial charge >= 0.3 is 0 Å². The Hall–Kier alpha value is -3.61. The summed E-state index contributed by atoms with van der Waals surface area (Å²) in [6.07, 6.45) is 0. The molecule has 1 aromatic heterocycles. The first kappa shape index (κ1) is 20.7. The maximum absolute atomic E-state index is 12.8. The Balaban J connectivity index is 1.38. The minimum absolute atomic E-state index is 0.0419. The summed E-state index contributed by atoms with van der Waals surface area (Å²) < 4.78 is 10.9. The number of hydrogen-bond acceptors (Lipinski definition) is 6. The molecule has 0 saturated carbocycles. The Bertz CT molecular complexity index is 1010. The van der Waals surface area contributed by atoms with E-state index in [2.05, 4.69) is 15.1 Å². The Labute approximate surface area is 182 Å². The van der Waals surface area contributed by atoms with Crippen LogP contribution >= 0.6 is 0 Å². The highest BCUT2D eigenvalue weighted by Crippen LogP contribution is 2.28. The fourth-order valence-electron chi connectivity index (χ4n) is 3.68. The number of piperazine rings is 1. The van der Waals surface area contributed by atoms with E-state index in [1.54, 1.807) is 7.11 Å². The lowest BCUT2D eigenvalue weighted by Gasteiger charge is -2.35. The van der Waals surface area contributed by atoms with Gasteiger partial charge in [-0.2, -0.15) is 0 Å². The average molecular weight is 418 g/mol. The lowest BCUT2D eigenvalue weighted by molar-refractivity contribution is 0.0746. The summed E-state index contributed by atoms with van der Waals surface area (Å²) in [4.78, 5) is 16.8. The van der Waals surface area contributed by atoms with Gasteiger partial charge in [0.05, 0.1) is 19.4 Å². The molecule has 4 rings (SSSR count). The summed E-state index contributed by atoms with van der Waals surface area (Å²) in [6.45, 7) is 5.26. The van der Waals surface area contributed by atoms with Gasteiger partial charge < -0.3 is 19.3 Å². The van der Waals surface area contributed by atoms with Gasteiger partial charge in [0.1, 0.15) is 11.5 Å². The Morgan fingerprint density at radius 3 is 2.32 bits per heavy atom. The summed E-state index contributed by atoms with van der Waals surface area (Å²) in [6, 6.07) is 19.0. The summed E-state index contributed by atoms with van der Waals surface area (Å²) in [5, 5.41) is 8.81. The molecule has 7 nitrogen and oxygen atoms in total. The Kier molecular flexibility index (Phi) is 6.31. The molecule has 31 heavy (non-hydrogen) atoms. The molecule has 0 spiro atoms. The molecular weight excluding hydrogens is 392 g/mol. The van der Waals surface area contributed by atoms with Gasteiger partial charge in [-0.05, 0) is 55.5 Å². The first-order valence-electron chi connectivity index (χ1n) is 10.4. The quantitative estimate of drug-likeness (QED) is 0.610. The monoisotopic (exact) mass is 418 g/mol. The van der Waals surface area contributed by atoms with Crippen molar-refractivity contribution >= 4 is 11.7 Å². The lowest BCUT2D eigenvalue weighted by atomic mass is 10.1. The molecule has 0 bridgehead atoms. The van der Waals surface area contributed by atoms with Gasteiger partial charge in [-0.15, -0.1) is 10.2 Å². The molecule has 0 unspecified atom stereocenters. The second kappa shape index (κ2) is 9.47. The number of hydrogen-bond donors (Lipinski definition) is 0. The molecule has 0 atom stereocenters. The molecule has 0 N–H and O–H groups in total. The standard InChI is InChI=1S/C24H26N4O3/c1-3-31-19-10-8-18(9-11-19)24(29)28-16-14-27(15-17-28)23-13-12-21(25-26-23)20-6-4-5-7-22(20)30-2/h4-13H,3,14-17H2,1-2H3. The number of rotatable bonds is 6. The molecular formula is C24H26N4O3. The normalized spacial score (nSPS) is 13.7. The molecule has 7 heteroatoms. The van der Waals surface area contributed by atoms with E-state index in [4.69, 9.17) is 9.47 Å². The third kappa shape index (κ3) is 4.60. The van der Waals surface area contributed by atoms with Crippen molar-refractivity contribution in [1.82, 2.24) is 15.1 Å². The molecule has 1 aliphatic heterocycles. The molecule has 1 saturated heterocycles. The summed E-state index contributed by atoms with van der Waals surface area (Å²) in [5.74, 6) is 2.40. The number of nitrogens with zero attached hydrogens (tertiary/aromatic N) is 4. The van der Waals surface area contributed by atoms with E-state index < -0.39 is 0 Å². The second-order valence-corrected chi connectivity index (χ2v) is 7.21. The van der Waals surface area contributed by atoms with Crippen molar-refractivity contribution in [3.05, 3.63) is 66.2 Å². The van der Waals surface area contributed by atoms with E-state index in [9.17, 15) is 4.79 Å². The van der Waals surface area contributed by atoms with Gasteiger partial charge in [-0.3, -0.25) is 4.79 Å². The molecule has 2 heterocycles. The number of methoxy groups -OCH3 is 1. The van der Waals surface area contributed by atoms with Gasteiger partial charge in [-0.1, -0.05) is 12.1 Å². The van der Waals surface area contributed by atoms with Crippen LogP contribution in [0.25, 0.3) is 11.3 Å². The molecule has 3 aromatic rings. The summed E-state index contributed by atoms with van der Waals surface area (Å²) in [5.41, 5.74) is 2.36. The van der Waals surface area contributed by atoms with Crippen LogP contribution in [0.15, 0.2) is 60.7 Å². The fourth-order valence-corrected chi connectivity index (χ4v) is 3.68. The maximum Gasteiger partial charge on any atom is 0.253 e. The van der Waals surface area contributed by atoms with Crippen LogP contribution in [0, 0.1) is 0 Å². The highest BCUT2D eigenvalue weighted by Gasteiger charge is 2.23. The molecule has 1 aliphatic rings. The minimum atomic E-state index is 0.0419. The first-order chi connectivity index (χ1) is 15.2. The van der Waals surface area contributed by atoms with Gasteiger partial charge in [0.25, 0.3) is 5.91 Å². The van der Waals surface area contributed by atoms with Gasteiger partial charge in [0.2, 0.25) is 0 Å². The van der Waals surface area contributed by atoms with Gasteiger partial charge in [0.15, 0.2) is 5.82 Å². The van der Waals surface area contributed by atoms with E-state index >= 15 is 0 Å². The van der Waals surface area contributed by atoms with E-state index in [1.165, 1.54) is 0 Å². The number of aromatic nitrogens is 2. The average Bonchev–Trinajstić information content (AvgIpc) is 2.84. The van der Waals surface area contributed by atoms with Crippen molar-refractivity contribution < 1.29 is 14.3 Å². The van der Waals surface area contributed by atoms with E-state index in [1.807, 2.05) is 72.5 Å². The van der Waals surface area contributed by atoms with Crippen LogP contribution < -0.4 is 14.4 Å². The van der Waals surface area contributed by atoms with Crippen LogP contribution in [0.4, 0.5) is 5.82 Å². The van der Waals surface area contributed by atoms with Crippen LogP contribution in [0.5, 0.6) is 11.5 Å². The Morgan fingerprint density at radius 1 is 0.935 bits per heavy atom. The number of para-hydroxylation sites is 1. The van der Waals surface area contributed by atoms with Crippen molar-refractivity contribution in [2.45, 2.75) is 6.92 Å². The summed E-state index contributed by atoms with van der Waals surface area (Å²) >= 11 is 0. The SMILES string of the molecule is CCOc1ccc(C(=O)N2CCN(c3ccc(-c4ccccc4OC)nn3)CC2)cc1. The molecule has 2 aromatic carbocycles. The number of amides is 1. The van der Waals surface area contributed by atoms with E-state index in [0.717, 1.165) is 28.6 Å². The third-order valence-corrected chi connectivity index (χ3v) is 5.34. The predicted molar refractivity (Wildman–Crippen MR) is 120 cm³/mol. The number of carbonyl (C=O) groups excluding carboxylic acids is 1. The minimum Gasteiger partial charge on any atom is -0.496 e. The zero-order valence-corrected chi connectivity index (χ0v) is 17.8. The number of ether oxygens (including phenoxy) is 2. The van der Waals surface area contributed by atoms with Gasteiger partial charge in [-0.25, -0.2) is 0 Å². The van der Waals surface area contributed by atoms with E-state index in [0.29, 0.717) is 38.3 Å².